The topological polar surface area (TPSA) is 63.1 Å². The zero-order valence-corrected chi connectivity index (χ0v) is 15.6. The van der Waals surface area contributed by atoms with Crippen LogP contribution in [-0.4, -0.2) is 40.0 Å². The lowest BCUT2D eigenvalue weighted by Crippen LogP contribution is -2.37. The first-order chi connectivity index (χ1) is 12.7. The van der Waals surface area contributed by atoms with Crippen molar-refractivity contribution in [1.82, 2.24) is 20.3 Å². The van der Waals surface area contributed by atoms with E-state index < -0.39 is 0 Å². The Labute approximate surface area is 159 Å². The van der Waals surface area contributed by atoms with Crippen molar-refractivity contribution in [3.05, 3.63) is 71.0 Å². The Kier molecular flexibility index (Phi) is 4.71. The largest absolute Gasteiger partial charge is 0.368 e. The number of halogens is 1. The molecule has 2 heterocycles. The maximum Gasteiger partial charge on any atom is 0.251 e. The first kappa shape index (κ1) is 16.8. The van der Waals surface area contributed by atoms with Gasteiger partial charge in [0, 0.05) is 29.2 Å². The first-order valence-corrected chi connectivity index (χ1v) is 9.27. The van der Waals surface area contributed by atoms with E-state index in [9.17, 15) is 4.79 Å². The summed E-state index contributed by atoms with van der Waals surface area (Å²) in [6.07, 6.45) is 4.29. The molecule has 0 saturated carbocycles. The Hall–Kier alpha value is -2.67. The summed E-state index contributed by atoms with van der Waals surface area (Å²) in [5, 5.41) is 10.9. The lowest BCUT2D eigenvalue weighted by Gasteiger charge is -2.20. The van der Waals surface area contributed by atoms with Crippen molar-refractivity contribution < 1.29 is 4.79 Å². The van der Waals surface area contributed by atoms with Gasteiger partial charge in [-0.15, -0.1) is 5.10 Å². The maximum absolute atomic E-state index is 12.6. The van der Waals surface area contributed by atoms with E-state index in [1.54, 1.807) is 17.1 Å². The molecule has 3 aromatic rings. The van der Waals surface area contributed by atoms with E-state index in [0.717, 1.165) is 35.4 Å². The number of nitrogens with one attached hydrogen (secondary N) is 1. The van der Waals surface area contributed by atoms with E-state index in [0.29, 0.717) is 5.56 Å². The molecule has 2 aromatic carbocycles. The van der Waals surface area contributed by atoms with Crippen LogP contribution in [0.1, 0.15) is 16.8 Å². The number of anilines is 1. The van der Waals surface area contributed by atoms with E-state index in [4.69, 9.17) is 0 Å². The van der Waals surface area contributed by atoms with Gasteiger partial charge < -0.3 is 10.2 Å². The number of nitrogens with zero attached hydrogens (tertiary/aromatic N) is 4. The van der Waals surface area contributed by atoms with Crippen molar-refractivity contribution in [3.63, 3.8) is 0 Å². The van der Waals surface area contributed by atoms with Crippen LogP contribution < -0.4 is 10.2 Å². The van der Waals surface area contributed by atoms with Gasteiger partial charge in [-0.25, -0.2) is 4.68 Å². The summed E-state index contributed by atoms with van der Waals surface area (Å²) in [4.78, 5) is 14.9. The van der Waals surface area contributed by atoms with Gasteiger partial charge >= 0.3 is 0 Å². The zero-order valence-electron chi connectivity index (χ0n) is 14.0. The van der Waals surface area contributed by atoms with Gasteiger partial charge in [-0.2, -0.15) is 0 Å². The number of aromatic nitrogens is 3. The highest BCUT2D eigenvalue weighted by Crippen LogP contribution is 2.28. The van der Waals surface area contributed by atoms with Gasteiger partial charge in [-0.05, 0) is 52.7 Å². The highest BCUT2D eigenvalue weighted by molar-refractivity contribution is 9.10. The fraction of sp³-hybridized carbons (Fsp3) is 0.211. The molecule has 6 nitrogen and oxygen atoms in total. The number of carbonyl (C=O) groups excluding carboxylic acids is 1. The van der Waals surface area contributed by atoms with Crippen LogP contribution in [0.25, 0.3) is 5.69 Å². The van der Waals surface area contributed by atoms with Crippen LogP contribution >= 0.6 is 15.9 Å². The molecule has 0 aliphatic carbocycles. The second-order valence-corrected chi connectivity index (χ2v) is 7.11. The minimum absolute atomic E-state index is 0.0639. The molecule has 132 valence electrons. The summed E-state index contributed by atoms with van der Waals surface area (Å²) in [5.74, 6) is -0.0639. The fourth-order valence-electron chi connectivity index (χ4n) is 3.21. The maximum atomic E-state index is 12.6. The predicted octanol–water partition coefficient (Wildman–Crippen LogP) is 3.04. The Morgan fingerprint density at radius 2 is 2.08 bits per heavy atom. The van der Waals surface area contributed by atoms with E-state index in [1.165, 1.54) is 0 Å². The molecule has 26 heavy (non-hydrogen) atoms. The van der Waals surface area contributed by atoms with Crippen molar-refractivity contribution in [2.75, 3.05) is 18.0 Å². The van der Waals surface area contributed by atoms with Gasteiger partial charge in [-0.3, -0.25) is 4.79 Å². The minimum atomic E-state index is -0.0639. The molecular weight excluding hydrogens is 394 g/mol. The van der Waals surface area contributed by atoms with Crippen LogP contribution in [0.15, 0.2) is 65.4 Å². The Bertz CT molecular complexity index is 912. The number of para-hydroxylation sites is 1. The van der Waals surface area contributed by atoms with Crippen molar-refractivity contribution >= 4 is 27.5 Å². The van der Waals surface area contributed by atoms with Gasteiger partial charge in [0.15, 0.2) is 0 Å². The van der Waals surface area contributed by atoms with E-state index in [1.807, 2.05) is 42.5 Å². The number of hydrogen-bond donors (Lipinski definition) is 1. The first-order valence-electron chi connectivity index (χ1n) is 8.48. The van der Waals surface area contributed by atoms with E-state index in [-0.39, 0.29) is 11.9 Å². The number of hydrogen-bond acceptors (Lipinski definition) is 4. The SMILES string of the molecule is O=C(N[C@H]1CCN(c2ccccc2Br)C1)c1cccc(-n2ccnn2)c1. The minimum Gasteiger partial charge on any atom is -0.368 e. The van der Waals surface area contributed by atoms with Crippen molar-refractivity contribution in [3.8, 4) is 5.69 Å². The molecule has 1 aromatic heterocycles. The number of carbonyl (C=O) groups is 1. The van der Waals surface area contributed by atoms with Gasteiger partial charge in [0.05, 0.1) is 23.8 Å². The van der Waals surface area contributed by atoms with Gasteiger partial charge in [0.25, 0.3) is 5.91 Å². The molecule has 1 saturated heterocycles. The van der Waals surface area contributed by atoms with Crippen LogP contribution in [0.4, 0.5) is 5.69 Å². The second-order valence-electron chi connectivity index (χ2n) is 6.25. The standard InChI is InChI=1S/C19H18BrN5O/c20-17-6-1-2-7-18(17)24-10-8-15(13-24)22-19(26)14-4-3-5-16(12-14)25-11-9-21-23-25/h1-7,9,11-12,15H,8,10,13H2,(H,22,26)/t15-/m0/s1. The molecule has 1 amide bonds. The fourth-order valence-corrected chi connectivity index (χ4v) is 3.74. The third-order valence-electron chi connectivity index (χ3n) is 4.51. The average molecular weight is 412 g/mol. The summed E-state index contributed by atoms with van der Waals surface area (Å²) in [5.41, 5.74) is 2.60. The van der Waals surface area contributed by atoms with Crippen molar-refractivity contribution in [2.45, 2.75) is 12.5 Å². The third kappa shape index (κ3) is 3.48. The van der Waals surface area contributed by atoms with Gasteiger partial charge in [-0.1, -0.05) is 23.4 Å². The molecule has 1 aliphatic heterocycles. The third-order valence-corrected chi connectivity index (χ3v) is 5.18. The smallest absolute Gasteiger partial charge is 0.251 e. The molecule has 4 rings (SSSR count). The average Bonchev–Trinajstić information content (AvgIpc) is 3.34. The van der Waals surface area contributed by atoms with Crippen LogP contribution in [0.5, 0.6) is 0 Å². The number of benzene rings is 2. The van der Waals surface area contributed by atoms with Crippen molar-refractivity contribution in [1.29, 1.82) is 0 Å². The summed E-state index contributed by atoms with van der Waals surface area (Å²) in [7, 11) is 0. The Balaban J connectivity index is 1.43. The molecule has 0 spiro atoms. The molecule has 0 unspecified atom stereocenters. The second kappa shape index (κ2) is 7.29. The normalized spacial score (nSPS) is 16.7. The van der Waals surface area contributed by atoms with Crippen LogP contribution in [0.2, 0.25) is 0 Å². The van der Waals surface area contributed by atoms with Crippen LogP contribution in [0.3, 0.4) is 0 Å². The molecule has 1 atom stereocenters. The molecular formula is C19H18BrN5O. The summed E-state index contributed by atoms with van der Waals surface area (Å²) in [6.45, 7) is 1.73. The lowest BCUT2D eigenvalue weighted by atomic mass is 10.1. The quantitative estimate of drug-likeness (QED) is 0.716. The molecule has 1 fully saturated rings. The van der Waals surface area contributed by atoms with Crippen LogP contribution in [-0.2, 0) is 0 Å². The highest BCUT2D eigenvalue weighted by Gasteiger charge is 2.25. The Morgan fingerprint density at radius 1 is 1.19 bits per heavy atom. The van der Waals surface area contributed by atoms with E-state index in [2.05, 4.69) is 42.5 Å². The molecule has 7 heteroatoms. The zero-order chi connectivity index (χ0) is 17.9. The van der Waals surface area contributed by atoms with Crippen molar-refractivity contribution in [2.24, 2.45) is 0 Å². The monoisotopic (exact) mass is 411 g/mol. The van der Waals surface area contributed by atoms with Crippen LogP contribution in [0, 0.1) is 0 Å². The molecule has 1 aliphatic rings. The van der Waals surface area contributed by atoms with Gasteiger partial charge in [0.2, 0.25) is 0 Å². The number of rotatable bonds is 4. The lowest BCUT2D eigenvalue weighted by molar-refractivity contribution is 0.0940. The molecule has 0 bridgehead atoms. The highest BCUT2D eigenvalue weighted by atomic mass is 79.9. The molecule has 1 N–H and O–H groups in total. The van der Waals surface area contributed by atoms with E-state index >= 15 is 0 Å². The Morgan fingerprint density at radius 3 is 2.88 bits per heavy atom. The summed E-state index contributed by atoms with van der Waals surface area (Å²) < 4.78 is 2.72. The summed E-state index contributed by atoms with van der Waals surface area (Å²) >= 11 is 3.60. The van der Waals surface area contributed by atoms with Gasteiger partial charge in [0.1, 0.15) is 0 Å². The predicted molar refractivity (Wildman–Crippen MR) is 104 cm³/mol. The molecule has 0 radical (unpaired) electrons. The summed E-state index contributed by atoms with van der Waals surface area (Å²) in [6, 6.07) is 15.7. The number of amides is 1.